The molecule has 0 atom stereocenters. The molecular weight excluding hydrogens is 388 g/mol. The van der Waals surface area contributed by atoms with Gasteiger partial charge in [0.2, 0.25) is 5.91 Å². The summed E-state index contributed by atoms with van der Waals surface area (Å²) >= 11 is 0. The minimum Gasteiger partial charge on any atom is -0.508 e. The number of phenols is 2. The molecule has 1 heterocycles. The third-order valence-corrected chi connectivity index (χ3v) is 5.11. The molecule has 3 N–H and O–H groups in total. The summed E-state index contributed by atoms with van der Waals surface area (Å²) in [5, 5.41) is 22.2. The van der Waals surface area contributed by atoms with E-state index in [0.717, 1.165) is 5.56 Å². The minimum atomic E-state index is -0.253. The van der Waals surface area contributed by atoms with Gasteiger partial charge in [0.15, 0.2) is 11.5 Å². The maximum atomic E-state index is 12.6. The number of phenolic OH excluding ortho intramolecular Hbond substituents is 2. The van der Waals surface area contributed by atoms with E-state index in [0.29, 0.717) is 37.4 Å². The fourth-order valence-corrected chi connectivity index (χ4v) is 3.58. The number of hydrogen-bond acceptors (Lipinski definition) is 6. The molecule has 8 nitrogen and oxygen atoms in total. The minimum absolute atomic E-state index is 0.0146. The molecule has 0 saturated carbocycles. The molecular formula is C22H26N2O6. The van der Waals surface area contributed by atoms with E-state index in [1.54, 1.807) is 31.3 Å². The predicted octanol–water partition coefficient (Wildman–Crippen LogP) is 2.08. The number of hydrogen-bond donors (Lipinski definition) is 3. The Kier molecular flexibility index (Phi) is 6.66. The Labute approximate surface area is 175 Å². The van der Waals surface area contributed by atoms with Gasteiger partial charge in [-0.05, 0) is 42.7 Å². The first kappa shape index (κ1) is 21.3. The summed E-state index contributed by atoms with van der Waals surface area (Å²) in [4.78, 5) is 26.7. The molecule has 1 aliphatic heterocycles. The van der Waals surface area contributed by atoms with Crippen molar-refractivity contribution in [3.05, 3.63) is 47.5 Å². The van der Waals surface area contributed by atoms with Crippen molar-refractivity contribution in [1.82, 2.24) is 10.2 Å². The molecule has 160 valence electrons. The summed E-state index contributed by atoms with van der Waals surface area (Å²) in [6, 6.07) is 9.20. The third-order valence-electron chi connectivity index (χ3n) is 5.11. The van der Waals surface area contributed by atoms with Crippen molar-refractivity contribution >= 4 is 11.8 Å². The number of piperidine rings is 1. The molecule has 1 fully saturated rings. The van der Waals surface area contributed by atoms with E-state index in [1.807, 2.05) is 6.07 Å². The average molecular weight is 414 g/mol. The highest BCUT2D eigenvalue weighted by Gasteiger charge is 2.25. The van der Waals surface area contributed by atoms with Gasteiger partial charge in [0.05, 0.1) is 20.6 Å². The average Bonchev–Trinajstić information content (AvgIpc) is 2.73. The van der Waals surface area contributed by atoms with Crippen LogP contribution < -0.4 is 14.8 Å². The molecule has 0 aliphatic carbocycles. The lowest BCUT2D eigenvalue weighted by molar-refractivity contribution is -0.121. The summed E-state index contributed by atoms with van der Waals surface area (Å²) in [6.07, 6.45) is 1.49. The van der Waals surface area contributed by atoms with Crippen LogP contribution in [0.25, 0.3) is 0 Å². The molecule has 2 amide bonds. The fraction of sp³-hybridized carbons (Fsp3) is 0.364. The molecule has 0 unspecified atom stereocenters. The second kappa shape index (κ2) is 9.39. The van der Waals surface area contributed by atoms with Crippen LogP contribution in [0.5, 0.6) is 23.0 Å². The molecule has 1 aliphatic rings. The standard InChI is InChI=1S/C22H26N2O6/c1-29-19-4-3-14(9-20(19)30-2)10-21(27)23-16-5-7-24(8-6-16)22(28)15-11-17(25)13-18(26)12-15/h3-4,9,11-13,16,25-26H,5-8,10H2,1-2H3,(H,23,27). The molecule has 0 spiro atoms. The lowest BCUT2D eigenvalue weighted by Crippen LogP contribution is -2.46. The Morgan fingerprint density at radius 3 is 2.23 bits per heavy atom. The number of nitrogens with one attached hydrogen (secondary N) is 1. The number of benzene rings is 2. The monoisotopic (exact) mass is 414 g/mol. The van der Waals surface area contributed by atoms with Crippen molar-refractivity contribution in [3.8, 4) is 23.0 Å². The van der Waals surface area contributed by atoms with Crippen LogP contribution in [0, 0.1) is 0 Å². The number of rotatable bonds is 6. The summed E-state index contributed by atoms with van der Waals surface area (Å²) in [7, 11) is 3.11. The van der Waals surface area contributed by atoms with Gasteiger partial charge in [-0.15, -0.1) is 0 Å². The summed E-state index contributed by atoms with van der Waals surface area (Å²) in [6.45, 7) is 0.965. The van der Waals surface area contributed by atoms with Gasteiger partial charge in [-0.2, -0.15) is 0 Å². The molecule has 1 saturated heterocycles. The molecule has 30 heavy (non-hydrogen) atoms. The Hall–Kier alpha value is -3.42. The number of nitrogens with zero attached hydrogens (tertiary/aromatic N) is 1. The van der Waals surface area contributed by atoms with Crippen LogP contribution in [-0.2, 0) is 11.2 Å². The van der Waals surface area contributed by atoms with Gasteiger partial charge in [-0.1, -0.05) is 6.07 Å². The van der Waals surface area contributed by atoms with E-state index >= 15 is 0 Å². The summed E-state index contributed by atoms with van der Waals surface area (Å²) < 4.78 is 10.5. The smallest absolute Gasteiger partial charge is 0.254 e. The van der Waals surface area contributed by atoms with E-state index < -0.39 is 0 Å². The number of ether oxygens (including phenoxy) is 2. The van der Waals surface area contributed by atoms with E-state index in [2.05, 4.69) is 5.32 Å². The van der Waals surface area contributed by atoms with E-state index in [-0.39, 0.29) is 41.3 Å². The fourth-order valence-electron chi connectivity index (χ4n) is 3.58. The SMILES string of the molecule is COc1ccc(CC(=O)NC2CCN(C(=O)c3cc(O)cc(O)c3)CC2)cc1OC. The van der Waals surface area contributed by atoms with Gasteiger partial charge in [-0.25, -0.2) is 0 Å². The highest BCUT2D eigenvalue weighted by molar-refractivity contribution is 5.95. The van der Waals surface area contributed by atoms with Crippen molar-refractivity contribution in [1.29, 1.82) is 0 Å². The summed E-state index contributed by atoms with van der Waals surface area (Å²) in [5.41, 5.74) is 1.06. The van der Waals surface area contributed by atoms with Crippen LogP contribution in [0.15, 0.2) is 36.4 Å². The number of carbonyl (C=O) groups excluding carboxylic acids is 2. The van der Waals surface area contributed by atoms with Crippen molar-refractivity contribution in [2.24, 2.45) is 0 Å². The first-order chi connectivity index (χ1) is 14.4. The van der Waals surface area contributed by atoms with Crippen molar-refractivity contribution < 1.29 is 29.3 Å². The van der Waals surface area contributed by atoms with Crippen LogP contribution in [0.3, 0.4) is 0 Å². The number of methoxy groups -OCH3 is 2. The highest BCUT2D eigenvalue weighted by Crippen LogP contribution is 2.28. The molecule has 3 rings (SSSR count). The number of amides is 2. The topological polar surface area (TPSA) is 108 Å². The van der Waals surface area contributed by atoms with Gasteiger partial charge >= 0.3 is 0 Å². The predicted molar refractivity (Wildman–Crippen MR) is 110 cm³/mol. The Morgan fingerprint density at radius 1 is 1.00 bits per heavy atom. The maximum Gasteiger partial charge on any atom is 0.254 e. The molecule has 2 aromatic rings. The molecule has 0 aromatic heterocycles. The zero-order chi connectivity index (χ0) is 21.7. The number of carbonyl (C=O) groups is 2. The van der Waals surface area contributed by atoms with Gasteiger partial charge in [0, 0.05) is 30.8 Å². The van der Waals surface area contributed by atoms with Crippen molar-refractivity contribution in [2.75, 3.05) is 27.3 Å². The van der Waals surface area contributed by atoms with Crippen molar-refractivity contribution in [3.63, 3.8) is 0 Å². The van der Waals surface area contributed by atoms with E-state index in [9.17, 15) is 19.8 Å². The first-order valence-electron chi connectivity index (χ1n) is 9.72. The first-order valence-corrected chi connectivity index (χ1v) is 9.72. The van der Waals surface area contributed by atoms with Gasteiger partial charge < -0.3 is 29.9 Å². The van der Waals surface area contributed by atoms with Gasteiger partial charge in [0.25, 0.3) is 5.91 Å². The summed E-state index contributed by atoms with van der Waals surface area (Å²) in [5.74, 6) is 0.527. The van der Waals surface area contributed by atoms with Gasteiger partial charge in [-0.3, -0.25) is 9.59 Å². The molecule has 8 heteroatoms. The second-order valence-corrected chi connectivity index (χ2v) is 7.24. The molecule has 2 aromatic carbocycles. The normalized spacial score (nSPS) is 14.3. The van der Waals surface area contributed by atoms with Crippen molar-refractivity contribution in [2.45, 2.75) is 25.3 Å². The number of likely N-dealkylation sites (tertiary alicyclic amines) is 1. The van der Waals surface area contributed by atoms with E-state index in [1.165, 1.54) is 18.2 Å². The van der Waals surface area contributed by atoms with Crippen LogP contribution in [0.2, 0.25) is 0 Å². The Morgan fingerprint density at radius 2 is 1.63 bits per heavy atom. The Bertz CT molecular complexity index is 902. The Balaban J connectivity index is 1.52. The second-order valence-electron chi connectivity index (χ2n) is 7.24. The maximum absolute atomic E-state index is 12.6. The van der Waals surface area contributed by atoms with Crippen LogP contribution in [0.1, 0.15) is 28.8 Å². The largest absolute Gasteiger partial charge is 0.508 e. The molecule has 0 bridgehead atoms. The van der Waals surface area contributed by atoms with E-state index in [4.69, 9.17) is 9.47 Å². The quantitative estimate of drug-likeness (QED) is 0.668. The lowest BCUT2D eigenvalue weighted by atomic mass is 10.0. The lowest BCUT2D eigenvalue weighted by Gasteiger charge is -2.32. The third kappa shape index (κ3) is 5.14. The highest BCUT2D eigenvalue weighted by atomic mass is 16.5. The van der Waals surface area contributed by atoms with Crippen LogP contribution >= 0.6 is 0 Å². The van der Waals surface area contributed by atoms with Gasteiger partial charge in [0.1, 0.15) is 11.5 Å². The van der Waals surface area contributed by atoms with Crippen LogP contribution in [-0.4, -0.2) is 60.3 Å². The zero-order valence-electron chi connectivity index (χ0n) is 17.1. The van der Waals surface area contributed by atoms with Crippen LogP contribution in [0.4, 0.5) is 0 Å². The zero-order valence-corrected chi connectivity index (χ0v) is 17.1. The number of aromatic hydroxyl groups is 2. The molecule has 0 radical (unpaired) electrons.